The maximum absolute atomic E-state index is 12.2. The summed E-state index contributed by atoms with van der Waals surface area (Å²) in [7, 11) is 1.63. The van der Waals surface area contributed by atoms with E-state index in [1.54, 1.807) is 25.4 Å². The Morgan fingerprint density at radius 1 is 1.35 bits per heavy atom. The van der Waals surface area contributed by atoms with Crippen LogP contribution >= 0.6 is 11.6 Å². The summed E-state index contributed by atoms with van der Waals surface area (Å²) in [6, 6.07) is 7.32. The van der Waals surface area contributed by atoms with Gasteiger partial charge in [-0.1, -0.05) is 17.7 Å². The van der Waals surface area contributed by atoms with Crippen molar-refractivity contribution in [2.24, 2.45) is 0 Å². The van der Waals surface area contributed by atoms with E-state index < -0.39 is 6.43 Å². The zero-order valence-corrected chi connectivity index (χ0v) is 11.8. The fourth-order valence-corrected chi connectivity index (χ4v) is 2.03. The van der Waals surface area contributed by atoms with Crippen LogP contribution in [0.4, 0.5) is 8.78 Å². The number of likely N-dealkylation sites (N-methyl/N-ethyl adjacent to an activating group) is 1. The minimum atomic E-state index is -2.34. The largest absolute Gasteiger partial charge is 0.476 e. The quantitative estimate of drug-likeness (QED) is 0.817. The number of nitrogens with zero attached hydrogens (tertiary/aromatic N) is 2. The van der Waals surface area contributed by atoms with Crippen molar-refractivity contribution in [2.45, 2.75) is 6.43 Å². The van der Waals surface area contributed by atoms with Crippen molar-refractivity contribution in [2.75, 3.05) is 26.7 Å². The molecule has 0 aliphatic rings. The summed E-state index contributed by atoms with van der Waals surface area (Å²) in [6.07, 6.45) is -0.691. The van der Waals surface area contributed by atoms with E-state index in [-0.39, 0.29) is 6.54 Å². The van der Waals surface area contributed by atoms with Gasteiger partial charge in [-0.05, 0) is 30.6 Å². The van der Waals surface area contributed by atoms with Crippen molar-refractivity contribution in [1.82, 2.24) is 9.88 Å². The van der Waals surface area contributed by atoms with Crippen LogP contribution in [0.5, 0.6) is 5.88 Å². The molecule has 0 fully saturated rings. The number of pyridine rings is 1. The lowest BCUT2D eigenvalue weighted by Crippen LogP contribution is -2.29. The SMILES string of the molecule is CN(CCOc1nccc2ccc(Cl)cc12)CC(F)F. The van der Waals surface area contributed by atoms with Crippen molar-refractivity contribution < 1.29 is 13.5 Å². The number of aromatic nitrogens is 1. The zero-order chi connectivity index (χ0) is 14.5. The molecule has 0 aliphatic carbocycles. The molecule has 0 bridgehead atoms. The number of fused-ring (bicyclic) bond motifs is 1. The Morgan fingerprint density at radius 2 is 2.15 bits per heavy atom. The molecule has 0 saturated heterocycles. The summed E-state index contributed by atoms with van der Waals surface area (Å²) in [5.41, 5.74) is 0. The summed E-state index contributed by atoms with van der Waals surface area (Å²) >= 11 is 5.96. The van der Waals surface area contributed by atoms with Gasteiger partial charge in [-0.15, -0.1) is 0 Å². The van der Waals surface area contributed by atoms with Crippen LogP contribution in [0.25, 0.3) is 10.8 Å². The van der Waals surface area contributed by atoms with Gasteiger partial charge in [-0.25, -0.2) is 13.8 Å². The molecule has 108 valence electrons. The van der Waals surface area contributed by atoms with Crippen molar-refractivity contribution in [1.29, 1.82) is 0 Å². The minimum absolute atomic E-state index is 0.266. The summed E-state index contributed by atoms with van der Waals surface area (Å²) in [5.74, 6) is 0.468. The molecule has 0 radical (unpaired) electrons. The highest BCUT2D eigenvalue weighted by Gasteiger charge is 2.08. The molecule has 20 heavy (non-hydrogen) atoms. The molecule has 0 spiro atoms. The van der Waals surface area contributed by atoms with Gasteiger partial charge in [0.25, 0.3) is 6.43 Å². The summed E-state index contributed by atoms with van der Waals surface area (Å²) in [5, 5.41) is 2.39. The van der Waals surface area contributed by atoms with Gasteiger partial charge in [0.2, 0.25) is 5.88 Å². The molecule has 0 unspecified atom stereocenters. The smallest absolute Gasteiger partial charge is 0.251 e. The predicted octanol–water partition coefficient (Wildman–Crippen LogP) is 3.46. The topological polar surface area (TPSA) is 25.4 Å². The molecule has 1 heterocycles. The second-order valence-electron chi connectivity index (χ2n) is 4.48. The van der Waals surface area contributed by atoms with Crippen molar-refractivity contribution in [3.63, 3.8) is 0 Å². The summed E-state index contributed by atoms with van der Waals surface area (Å²) in [4.78, 5) is 5.67. The van der Waals surface area contributed by atoms with Crippen LogP contribution in [0.2, 0.25) is 5.02 Å². The first-order valence-electron chi connectivity index (χ1n) is 6.20. The van der Waals surface area contributed by atoms with Gasteiger partial charge in [0, 0.05) is 23.2 Å². The van der Waals surface area contributed by atoms with Crippen LogP contribution in [0.3, 0.4) is 0 Å². The van der Waals surface area contributed by atoms with Crippen LogP contribution in [-0.4, -0.2) is 43.1 Å². The number of ether oxygens (including phenoxy) is 1. The van der Waals surface area contributed by atoms with Crippen molar-refractivity contribution in [3.05, 3.63) is 35.5 Å². The molecule has 1 aromatic carbocycles. The van der Waals surface area contributed by atoms with Gasteiger partial charge in [0.05, 0.1) is 6.54 Å². The molecule has 0 saturated carbocycles. The highest BCUT2D eigenvalue weighted by atomic mass is 35.5. The lowest BCUT2D eigenvalue weighted by molar-refractivity contribution is 0.0933. The van der Waals surface area contributed by atoms with Gasteiger partial charge >= 0.3 is 0 Å². The number of benzene rings is 1. The van der Waals surface area contributed by atoms with Crippen molar-refractivity contribution >= 4 is 22.4 Å². The zero-order valence-electron chi connectivity index (χ0n) is 11.0. The van der Waals surface area contributed by atoms with Crippen LogP contribution < -0.4 is 4.74 Å². The Hall–Kier alpha value is -1.46. The highest BCUT2D eigenvalue weighted by Crippen LogP contribution is 2.26. The van der Waals surface area contributed by atoms with Crippen LogP contribution in [0, 0.1) is 0 Å². The van der Waals surface area contributed by atoms with E-state index in [1.807, 2.05) is 12.1 Å². The third-order valence-corrected chi connectivity index (χ3v) is 3.09. The Balaban J connectivity index is 2.01. The number of alkyl halides is 2. The summed E-state index contributed by atoms with van der Waals surface area (Å²) < 4.78 is 29.9. The first-order chi connectivity index (χ1) is 9.56. The average Bonchev–Trinajstić information content (AvgIpc) is 2.38. The molecule has 0 amide bonds. The maximum Gasteiger partial charge on any atom is 0.251 e. The van der Waals surface area contributed by atoms with Gasteiger partial charge in [-0.2, -0.15) is 0 Å². The predicted molar refractivity (Wildman–Crippen MR) is 75.7 cm³/mol. The third-order valence-electron chi connectivity index (χ3n) is 2.85. The Kier molecular flexibility index (Phi) is 5.09. The number of hydrogen-bond donors (Lipinski definition) is 0. The lowest BCUT2D eigenvalue weighted by atomic mass is 10.2. The minimum Gasteiger partial charge on any atom is -0.476 e. The standard InChI is InChI=1S/C14H15ClF2N2O/c1-19(9-13(16)17)6-7-20-14-12-8-11(15)3-2-10(12)4-5-18-14/h2-5,8,13H,6-7,9H2,1H3. The molecule has 2 rings (SSSR count). The fraction of sp³-hybridized carbons (Fsp3) is 0.357. The van der Waals surface area contributed by atoms with E-state index in [9.17, 15) is 8.78 Å². The molecular formula is C14H15ClF2N2O. The summed E-state index contributed by atoms with van der Waals surface area (Å²) in [6.45, 7) is 0.434. The fourth-order valence-electron chi connectivity index (χ4n) is 1.85. The molecule has 0 N–H and O–H groups in total. The van der Waals surface area contributed by atoms with Crippen LogP contribution in [-0.2, 0) is 0 Å². The van der Waals surface area contributed by atoms with E-state index in [2.05, 4.69) is 4.98 Å². The van der Waals surface area contributed by atoms with Gasteiger partial charge < -0.3 is 4.74 Å². The number of hydrogen-bond acceptors (Lipinski definition) is 3. The molecule has 6 heteroatoms. The molecule has 3 nitrogen and oxygen atoms in total. The first kappa shape index (κ1) is 14.9. The van der Waals surface area contributed by atoms with E-state index in [0.717, 1.165) is 10.8 Å². The third kappa shape index (κ3) is 4.02. The monoisotopic (exact) mass is 300 g/mol. The molecule has 0 aliphatic heterocycles. The van der Waals surface area contributed by atoms with Crippen LogP contribution in [0.15, 0.2) is 30.5 Å². The first-order valence-corrected chi connectivity index (χ1v) is 6.58. The van der Waals surface area contributed by atoms with E-state index >= 15 is 0 Å². The molecule has 0 atom stereocenters. The average molecular weight is 301 g/mol. The normalized spacial score (nSPS) is 11.5. The van der Waals surface area contributed by atoms with Crippen LogP contribution in [0.1, 0.15) is 0 Å². The number of rotatable bonds is 6. The van der Waals surface area contributed by atoms with Gasteiger partial charge in [0.15, 0.2) is 0 Å². The van der Waals surface area contributed by atoms with Crippen molar-refractivity contribution in [3.8, 4) is 5.88 Å². The second kappa shape index (κ2) is 6.81. The highest BCUT2D eigenvalue weighted by molar-refractivity contribution is 6.31. The lowest BCUT2D eigenvalue weighted by Gasteiger charge is -2.16. The Bertz CT molecular complexity index is 580. The Labute approximate surface area is 121 Å². The van der Waals surface area contributed by atoms with Gasteiger partial charge in [0.1, 0.15) is 6.61 Å². The Morgan fingerprint density at radius 3 is 2.90 bits per heavy atom. The number of halogens is 3. The maximum atomic E-state index is 12.2. The van der Waals surface area contributed by atoms with E-state index in [0.29, 0.717) is 24.1 Å². The molecule has 2 aromatic rings. The van der Waals surface area contributed by atoms with E-state index in [1.165, 1.54) is 4.90 Å². The van der Waals surface area contributed by atoms with E-state index in [4.69, 9.17) is 16.3 Å². The molecular weight excluding hydrogens is 286 g/mol. The van der Waals surface area contributed by atoms with Gasteiger partial charge in [-0.3, -0.25) is 4.90 Å². The second-order valence-corrected chi connectivity index (χ2v) is 4.92. The molecule has 1 aromatic heterocycles.